The van der Waals surface area contributed by atoms with E-state index in [2.05, 4.69) is 4.98 Å². The zero-order valence-electron chi connectivity index (χ0n) is 5.35. The molecule has 1 aromatic heterocycles. The molecule has 48 valence electrons. The van der Waals surface area contributed by atoms with Crippen LogP contribution in [0.2, 0.25) is 0 Å². The highest BCUT2D eigenvalue weighted by atomic mass is 16.1. The van der Waals surface area contributed by atoms with E-state index in [0.29, 0.717) is 0 Å². The third-order valence-corrected chi connectivity index (χ3v) is 1.38. The molecular formula is C7H9NO. The SMILES string of the molecule is CCc1c[nH]cc1C=O. The van der Waals surface area contributed by atoms with Crippen LogP contribution in [0, 0.1) is 0 Å². The quantitative estimate of drug-likeness (QED) is 0.592. The fraction of sp³-hybridized carbons (Fsp3) is 0.286. The monoisotopic (exact) mass is 123 g/mol. The Hall–Kier alpha value is -1.05. The lowest BCUT2D eigenvalue weighted by Crippen LogP contribution is -1.81. The highest BCUT2D eigenvalue weighted by Gasteiger charge is 1.96. The average molecular weight is 123 g/mol. The molecular weight excluding hydrogens is 114 g/mol. The van der Waals surface area contributed by atoms with E-state index < -0.39 is 0 Å². The molecule has 0 atom stereocenters. The van der Waals surface area contributed by atoms with Gasteiger partial charge in [0.05, 0.1) is 0 Å². The predicted molar refractivity (Wildman–Crippen MR) is 35.6 cm³/mol. The molecule has 0 aromatic carbocycles. The highest BCUT2D eigenvalue weighted by Crippen LogP contribution is 2.04. The third-order valence-electron chi connectivity index (χ3n) is 1.38. The lowest BCUT2D eigenvalue weighted by Gasteiger charge is -1.86. The number of hydrogen-bond acceptors (Lipinski definition) is 1. The molecule has 0 amide bonds. The summed E-state index contributed by atoms with van der Waals surface area (Å²) in [4.78, 5) is 13.1. The van der Waals surface area contributed by atoms with E-state index >= 15 is 0 Å². The summed E-state index contributed by atoms with van der Waals surface area (Å²) in [6, 6.07) is 0. The second kappa shape index (κ2) is 2.49. The molecule has 1 heterocycles. The molecule has 0 aliphatic rings. The summed E-state index contributed by atoms with van der Waals surface area (Å²) in [5, 5.41) is 0. The standard InChI is InChI=1S/C7H9NO/c1-2-6-3-8-4-7(6)5-9/h3-5,8H,2H2,1H3. The Balaban J connectivity index is 2.98. The molecule has 1 aromatic rings. The summed E-state index contributed by atoms with van der Waals surface area (Å²) in [6.07, 6.45) is 5.35. The van der Waals surface area contributed by atoms with E-state index in [0.717, 1.165) is 23.8 Å². The van der Waals surface area contributed by atoms with Gasteiger partial charge in [-0.1, -0.05) is 6.92 Å². The van der Waals surface area contributed by atoms with Gasteiger partial charge in [-0.05, 0) is 12.0 Å². The van der Waals surface area contributed by atoms with Gasteiger partial charge < -0.3 is 4.98 Å². The van der Waals surface area contributed by atoms with Crippen molar-refractivity contribution in [3.63, 3.8) is 0 Å². The molecule has 0 aliphatic carbocycles. The molecule has 0 saturated carbocycles. The van der Waals surface area contributed by atoms with Gasteiger partial charge in [0.15, 0.2) is 6.29 Å². The number of aldehydes is 1. The van der Waals surface area contributed by atoms with Gasteiger partial charge in [0, 0.05) is 18.0 Å². The van der Waals surface area contributed by atoms with Crippen LogP contribution < -0.4 is 0 Å². The number of nitrogens with one attached hydrogen (secondary N) is 1. The molecule has 1 rings (SSSR count). The van der Waals surface area contributed by atoms with Crippen molar-refractivity contribution in [2.45, 2.75) is 13.3 Å². The normalized spacial score (nSPS) is 9.44. The topological polar surface area (TPSA) is 32.9 Å². The van der Waals surface area contributed by atoms with Crippen LogP contribution in [0.5, 0.6) is 0 Å². The highest BCUT2D eigenvalue weighted by molar-refractivity contribution is 5.76. The van der Waals surface area contributed by atoms with E-state index in [-0.39, 0.29) is 0 Å². The Kier molecular flexibility index (Phi) is 1.68. The molecule has 1 N–H and O–H groups in total. The van der Waals surface area contributed by atoms with Gasteiger partial charge in [-0.3, -0.25) is 4.79 Å². The summed E-state index contributed by atoms with van der Waals surface area (Å²) in [5.74, 6) is 0. The lowest BCUT2D eigenvalue weighted by molar-refractivity contribution is 0.112. The number of H-pyrrole nitrogens is 1. The van der Waals surface area contributed by atoms with Crippen molar-refractivity contribution in [3.8, 4) is 0 Å². The van der Waals surface area contributed by atoms with E-state index in [1.165, 1.54) is 0 Å². The first-order valence-electron chi connectivity index (χ1n) is 2.99. The fourth-order valence-electron chi connectivity index (χ4n) is 0.824. The number of aromatic amines is 1. The fourth-order valence-corrected chi connectivity index (χ4v) is 0.824. The van der Waals surface area contributed by atoms with Crippen LogP contribution in [0.1, 0.15) is 22.8 Å². The minimum Gasteiger partial charge on any atom is -0.367 e. The molecule has 2 heteroatoms. The van der Waals surface area contributed by atoms with Crippen molar-refractivity contribution >= 4 is 6.29 Å². The summed E-state index contributed by atoms with van der Waals surface area (Å²) in [6.45, 7) is 2.02. The van der Waals surface area contributed by atoms with Crippen molar-refractivity contribution in [1.29, 1.82) is 0 Å². The van der Waals surface area contributed by atoms with Gasteiger partial charge in [-0.2, -0.15) is 0 Å². The van der Waals surface area contributed by atoms with Crippen LogP contribution in [0.15, 0.2) is 12.4 Å². The summed E-state index contributed by atoms with van der Waals surface area (Å²) in [5.41, 5.74) is 1.86. The van der Waals surface area contributed by atoms with E-state index in [4.69, 9.17) is 0 Å². The molecule has 0 spiro atoms. The minimum atomic E-state index is 0.775. The van der Waals surface area contributed by atoms with Gasteiger partial charge in [0.25, 0.3) is 0 Å². The lowest BCUT2D eigenvalue weighted by atomic mass is 10.2. The predicted octanol–water partition coefficient (Wildman–Crippen LogP) is 1.39. The Labute approximate surface area is 53.9 Å². The van der Waals surface area contributed by atoms with Gasteiger partial charge >= 0.3 is 0 Å². The molecule has 0 fully saturated rings. The van der Waals surface area contributed by atoms with Crippen molar-refractivity contribution in [2.24, 2.45) is 0 Å². The number of carbonyl (C=O) groups excluding carboxylic acids is 1. The second-order valence-corrected chi connectivity index (χ2v) is 1.91. The van der Waals surface area contributed by atoms with Crippen molar-refractivity contribution in [2.75, 3.05) is 0 Å². The minimum absolute atomic E-state index is 0.775. The van der Waals surface area contributed by atoms with Crippen molar-refractivity contribution < 1.29 is 4.79 Å². The van der Waals surface area contributed by atoms with Crippen molar-refractivity contribution in [1.82, 2.24) is 4.98 Å². The summed E-state index contributed by atoms with van der Waals surface area (Å²) in [7, 11) is 0. The first-order valence-corrected chi connectivity index (χ1v) is 2.99. The molecule has 0 unspecified atom stereocenters. The van der Waals surface area contributed by atoms with Gasteiger partial charge in [-0.15, -0.1) is 0 Å². The smallest absolute Gasteiger partial charge is 0.151 e. The van der Waals surface area contributed by atoms with Crippen LogP contribution in [0.4, 0.5) is 0 Å². The Bertz CT molecular complexity index is 202. The first kappa shape index (κ1) is 6.08. The maximum absolute atomic E-state index is 10.2. The van der Waals surface area contributed by atoms with Crippen LogP contribution in [0.25, 0.3) is 0 Å². The molecule has 0 radical (unpaired) electrons. The maximum Gasteiger partial charge on any atom is 0.151 e. The van der Waals surface area contributed by atoms with Gasteiger partial charge in [-0.25, -0.2) is 0 Å². The largest absolute Gasteiger partial charge is 0.367 e. The Morgan fingerprint density at radius 1 is 1.67 bits per heavy atom. The number of aryl methyl sites for hydroxylation is 1. The first-order chi connectivity index (χ1) is 4.38. The average Bonchev–Trinajstić information content (AvgIpc) is 2.33. The molecule has 0 bridgehead atoms. The molecule has 2 nitrogen and oxygen atoms in total. The molecule has 0 saturated heterocycles. The van der Waals surface area contributed by atoms with Gasteiger partial charge in [0.1, 0.15) is 0 Å². The summed E-state index contributed by atoms with van der Waals surface area (Å²) >= 11 is 0. The van der Waals surface area contributed by atoms with E-state index in [9.17, 15) is 4.79 Å². The third kappa shape index (κ3) is 1.02. The Morgan fingerprint density at radius 3 is 2.89 bits per heavy atom. The van der Waals surface area contributed by atoms with Crippen LogP contribution in [-0.2, 0) is 6.42 Å². The molecule has 0 aliphatic heterocycles. The molecule has 9 heavy (non-hydrogen) atoms. The second-order valence-electron chi connectivity index (χ2n) is 1.91. The summed E-state index contributed by atoms with van der Waals surface area (Å²) < 4.78 is 0. The number of hydrogen-bond donors (Lipinski definition) is 1. The number of rotatable bonds is 2. The van der Waals surface area contributed by atoms with E-state index in [1.54, 1.807) is 6.20 Å². The van der Waals surface area contributed by atoms with Crippen LogP contribution in [-0.4, -0.2) is 11.3 Å². The zero-order valence-corrected chi connectivity index (χ0v) is 5.35. The number of aromatic nitrogens is 1. The van der Waals surface area contributed by atoms with E-state index in [1.807, 2.05) is 13.1 Å². The van der Waals surface area contributed by atoms with Crippen molar-refractivity contribution in [3.05, 3.63) is 23.5 Å². The maximum atomic E-state index is 10.2. The van der Waals surface area contributed by atoms with Gasteiger partial charge in [0.2, 0.25) is 0 Å². The zero-order chi connectivity index (χ0) is 6.69. The van der Waals surface area contributed by atoms with Crippen LogP contribution >= 0.6 is 0 Å². The Morgan fingerprint density at radius 2 is 2.44 bits per heavy atom. The number of carbonyl (C=O) groups is 1. The van der Waals surface area contributed by atoms with Crippen LogP contribution in [0.3, 0.4) is 0 Å².